The van der Waals surface area contributed by atoms with Crippen LogP contribution < -0.4 is 0 Å². The predicted molar refractivity (Wildman–Crippen MR) is 80.4 cm³/mol. The summed E-state index contributed by atoms with van der Waals surface area (Å²) in [6.07, 6.45) is 12.8. The molecule has 20 heavy (non-hydrogen) atoms. The van der Waals surface area contributed by atoms with Crippen molar-refractivity contribution in [3.8, 4) is 0 Å². The summed E-state index contributed by atoms with van der Waals surface area (Å²) in [6.45, 7) is 4.82. The summed E-state index contributed by atoms with van der Waals surface area (Å²) in [4.78, 5) is 0. The van der Waals surface area contributed by atoms with Crippen molar-refractivity contribution in [2.24, 2.45) is 17.3 Å². The molecule has 3 rings (SSSR count). The van der Waals surface area contributed by atoms with Crippen molar-refractivity contribution in [3.63, 3.8) is 0 Å². The minimum Gasteiger partial charge on any atom is -0.472 e. The molecule has 0 bridgehead atoms. The molecule has 2 heteroatoms. The lowest BCUT2D eigenvalue weighted by Gasteiger charge is -2.56. The second-order valence-electron chi connectivity index (χ2n) is 7.48. The van der Waals surface area contributed by atoms with E-state index in [1.807, 2.05) is 6.26 Å². The topological polar surface area (TPSA) is 33.4 Å². The first-order chi connectivity index (χ1) is 9.55. The van der Waals surface area contributed by atoms with E-state index in [1.54, 1.807) is 6.26 Å². The van der Waals surface area contributed by atoms with Gasteiger partial charge in [-0.2, -0.15) is 0 Å². The number of aryl methyl sites for hydroxylation is 1. The van der Waals surface area contributed by atoms with E-state index in [0.29, 0.717) is 11.8 Å². The highest BCUT2D eigenvalue weighted by Crippen LogP contribution is 2.57. The third-order valence-electron chi connectivity index (χ3n) is 6.47. The Bertz CT molecular complexity index is 438. The molecule has 0 aromatic carbocycles. The summed E-state index contributed by atoms with van der Waals surface area (Å²) in [6, 6.07) is 2.07. The van der Waals surface area contributed by atoms with Crippen LogP contribution in [0, 0.1) is 17.3 Å². The Morgan fingerprint density at radius 1 is 1.30 bits per heavy atom. The average molecular weight is 276 g/mol. The van der Waals surface area contributed by atoms with Gasteiger partial charge in [-0.05, 0) is 67.4 Å². The Morgan fingerprint density at radius 2 is 2.15 bits per heavy atom. The standard InChI is InChI=1S/C18H28O2/c1-14-6-11-18(19)9-4-3-5-16(18)17(14,2)10-7-15-8-12-20-13-15/h8,12-14,16,19H,3-7,9-11H2,1-2H3/t14-,16-,17+,18+/m0/s1. The minimum atomic E-state index is -0.379. The van der Waals surface area contributed by atoms with Crippen molar-refractivity contribution >= 4 is 0 Å². The fourth-order valence-corrected chi connectivity index (χ4v) is 4.87. The van der Waals surface area contributed by atoms with Crippen LogP contribution in [0.2, 0.25) is 0 Å². The first-order valence-corrected chi connectivity index (χ1v) is 8.28. The van der Waals surface area contributed by atoms with Gasteiger partial charge in [0.05, 0.1) is 18.1 Å². The number of furan rings is 1. The summed E-state index contributed by atoms with van der Waals surface area (Å²) < 4.78 is 5.19. The third kappa shape index (κ3) is 2.32. The summed E-state index contributed by atoms with van der Waals surface area (Å²) in [5, 5.41) is 11.1. The Morgan fingerprint density at radius 3 is 2.90 bits per heavy atom. The maximum atomic E-state index is 11.1. The monoisotopic (exact) mass is 276 g/mol. The third-order valence-corrected chi connectivity index (χ3v) is 6.47. The zero-order valence-corrected chi connectivity index (χ0v) is 12.9. The highest BCUT2D eigenvalue weighted by atomic mass is 16.3. The molecule has 1 aromatic rings. The molecule has 0 spiro atoms. The van der Waals surface area contributed by atoms with Crippen LogP contribution in [0.1, 0.15) is 64.4 Å². The Labute approximate surface area is 122 Å². The SMILES string of the molecule is C[C@H]1CC[C@]2(O)CCCC[C@H]2[C@]1(C)CCc1ccoc1. The van der Waals surface area contributed by atoms with E-state index in [1.165, 1.54) is 37.7 Å². The number of fused-ring (bicyclic) bond motifs is 1. The van der Waals surface area contributed by atoms with Gasteiger partial charge in [0.25, 0.3) is 0 Å². The fraction of sp³-hybridized carbons (Fsp3) is 0.778. The first-order valence-electron chi connectivity index (χ1n) is 8.28. The number of aliphatic hydroxyl groups is 1. The molecule has 2 aliphatic carbocycles. The van der Waals surface area contributed by atoms with Gasteiger partial charge in [0.1, 0.15) is 0 Å². The summed E-state index contributed by atoms with van der Waals surface area (Å²) >= 11 is 0. The molecule has 1 heterocycles. The molecule has 2 aliphatic rings. The number of rotatable bonds is 3. The Balaban J connectivity index is 1.79. The lowest BCUT2D eigenvalue weighted by atomic mass is 9.51. The van der Waals surface area contributed by atoms with Crippen molar-refractivity contribution in [3.05, 3.63) is 24.2 Å². The van der Waals surface area contributed by atoms with Crippen molar-refractivity contribution in [2.45, 2.75) is 70.8 Å². The van der Waals surface area contributed by atoms with Crippen LogP contribution in [0.5, 0.6) is 0 Å². The van der Waals surface area contributed by atoms with Crippen LogP contribution >= 0.6 is 0 Å². The van der Waals surface area contributed by atoms with Crippen LogP contribution in [-0.4, -0.2) is 10.7 Å². The van der Waals surface area contributed by atoms with Crippen molar-refractivity contribution in [1.82, 2.24) is 0 Å². The molecule has 0 unspecified atom stereocenters. The van der Waals surface area contributed by atoms with Crippen LogP contribution in [-0.2, 0) is 6.42 Å². The van der Waals surface area contributed by atoms with Crippen LogP contribution in [0.4, 0.5) is 0 Å². The predicted octanol–water partition coefficient (Wildman–Crippen LogP) is 4.57. The molecular weight excluding hydrogens is 248 g/mol. The highest BCUT2D eigenvalue weighted by molar-refractivity contribution is 5.09. The highest BCUT2D eigenvalue weighted by Gasteiger charge is 2.53. The fourth-order valence-electron chi connectivity index (χ4n) is 4.87. The molecule has 2 saturated carbocycles. The van der Waals surface area contributed by atoms with Gasteiger partial charge < -0.3 is 9.52 Å². The Hall–Kier alpha value is -0.760. The maximum absolute atomic E-state index is 11.1. The van der Waals surface area contributed by atoms with Crippen LogP contribution in [0.3, 0.4) is 0 Å². The summed E-state index contributed by atoms with van der Waals surface area (Å²) in [5.74, 6) is 1.19. The summed E-state index contributed by atoms with van der Waals surface area (Å²) in [7, 11) is 0. The zero-order valence-electron chi connectivity index (χ0n) is 12.9. The van der Waals surface area contributed by atoms with Gasteiger partial charge in [0.2, 0.25) is 0 Å². The van der Waals surface area contributed by atoms with Crippen LogP contribution in [0.15, 0.2) is 23.0 Å². The van der Waals surface area contributed by atoms with Gasteiger partial charge in [0, 0.05) is 0 Å². The molecule has 2 fully saturated rings. The van der Waals surface area contributed by atoms with E-state index >= 15 is 0 Å². The van der Waals surface area contributed by atoms with Crippen molar-refractivity contribution in [1.29, 1.82) is 0 Å². The summed E-state index contributed by atoms with van der Waals surface area (Å²) in [5.41, 5.74) is 1.18. The molecule has 0 radical (unpaired) electrons. The van der Waals surface area contributed by atoms with E-state index in [4.69, 9.17) is 4.42 Å². The zero-order chi connectivity index (χ0) is 14.2. The molecule has 112 valence electrons. The smallest absolute Gasteiger partial charge is 0.0934 e. The van der Waals surface area contributed by atoms with Crippen molar-refractivity contribution in [2.75, 3.05) is 0 Å². The lowest BCUT2D eigenvalue weighted by Crippen LogP contribution is -2.55. The first kappa shape index (κ1) is 14.2. The largest absolute Gasteiger partial charge is 0.472 e. The number of hydrogen-bond donors (Lipinski definition) is 1. The van der Waals surface area contributed by atoms with E-state index in [2.05, 4.69) is 19.9 Å². The molecule has 0 amide bonds. The molecule has 1 aromatic heterocycles. The van der Waals surface area contributed by atoms with Gasteiger partial charge in [-0.3, -0.25) is 0 Å². The second kappa shape index (κ2) is 5.22. The van der Waals surface area contributed by atoms with Gasteiger partial charge in [0.15, 0.2) is 0 Å². The van der Waals surface area contributed by atoms with E-state index in [-0.39, 0.29) is 11.0 Å². The molecule has 0 aliphatic heterocycles. The maximum Gasteiger partial charge on any atom is 0.0934 e. The Kier molecular flexibility index (Phi) is 3.70. The average Bonchev–Trinajstić information content (AvgIpc) is 2.95. The molecule has 0 saturated heterocycles. The lowest BCUT2D eigenvalue weighted by molar-refractivity contribution is -0.153. The minimum absolute atomic E-state index is 0.269. The van der Waals surface area contributed by atoms with Gasteiger partial charge in [-0.1, -0.05) is 26.7 Å². The van der Waals surface area contributed by atoms with Crippen LogP contribution in [0.25, 0.3) is 0 Å². The second-order valence-corrected chi connectivity index (χ2v) is 7.48. The molecule has 4 atom stereocenters. The van der Waals surface area contributed by atoms with E-state index < -0.39 is 0 Å². The quantitative estimate of drug-likeness (QED) is 0.877. The van der Waals surface area contributed by atoms with Gasteiger partial charge in [-0.15, -0.1) is 0 Å². The van der Waals surface area contributed by atoms with Gasteiger partial charge in [-0.25, -0.2) is 0 Å². The van der Waals surface area contributed by atoms with E-state index in [0.717, 1.165) is 19.3 Å². The number of hydrogen-bond acceptors (Lipinski definition) is 2. The normalized spacial score (nSPS) is 41.4. The van der Waals surface area contributed by atoms with Crippen molar-refractivity contribution < 1.29 is 9.52 Å². The molecular formula is C18H28O2. The molecule has 1 N–H and O–H groups in total. The van der Waals surface area contributed by atoms with Gasteiger partial charge >= 0.3 is 0 Å². The van der Waals surface area contributed by atoms with E-state index in [9.17, 15) is 5.11 Å². The molecule has 2 nitrogen and oxygen atoms in total.